The number of hydrogen-bond acceptors (Lipinski definition) is 2. The molecular weight excluding hydrogens is 364 g/mol. The van der Waals surface area contributed by atoms with Crippen LogP contribution in [0.5, 0.6) is 0 Å². The Bertz CT molecular complexity index is 1240. The van der Waals surface area contributed by atoms with E-state index in [9.17, 15) is 18.4 Å². The summed E-state index contributed by atoms with van der Waals surface area (Å²) in [6.45, 7) is 1.77. The molecule has 142 valence electrons. The molecule has 5 nitrogen and oxygen atoms in total. The number of carbonyl (C=O) groups excluding carboxylic acids is 1. The van der Waals surface area contributed by atoms with Gasteiger partial charge in [-0.2, -0.15) is 0 Å². The van der Waals surface area contributed by atoms with Crippen LogP contribution in [0.1, 0.15) is 28.9 Å². The highest BCUT2D eigenvalue weighted by molar-refractivity contribution is 5.96. The van der Waals surface area contributed by atoms with Crippen molar-refractivity contribution in [2.24, 2.45) is 0 Å². The highest BCUT2D eigenvalue weighted by atomic mass is 19.2. The molecule has 4 rings (SSSR count). The summed E-state index contributed by atoms with van der Waals surface area (Å²) in [5.41, 5.74) is 1.20. The van der Waals surface area contributed by atoms with Gasteiger partial charge in [0.1, 0.15) is 0 Å². The number of benzene rings is 1. The monoisotopic (exact) mass is 381 g/mol. The SMILES string of the molecule is C[C@H](c1c[nH]c(=O)c2c(F)c(F)ccc12)N(C)C(=O)c1cc2ccccn2c1. The van der Waals surface area contributed by atoms with Gasteiger partial charge in [-0.05, 0) is 42.1 Å². The van der Waals surface area contributed by atoms with E-state index < -0.39 is 23.2 Å². The number of amides is 1. The van der Waals surface area contributed by atoms with E-state index in [-0.39, 0.29) is 16.7 Å². The summed E-state index contributed by atoms with van der Waals surface area (Å²) >= 11 is 0. The van der Waals surface area contributed by atoms with Crippen molar-refractivity contribution in [1.29, 1.82) is 0 Å². The zero-order valence-electron chi connectivity index (χ0n) is 15.2. The Hall–Kier alpha value is -3.48. The fourth-order valence-corrected chi connectivity index (χ4v) is 3.41. The van der Waals surface area contributed by atoms with Gasteiger partial charge in [-0.15, -0.1) is 0 Å². The van der Waals surface area contributed by atoms with Gasteiger partial charge in [-0.1, -0.05) is 12.1 Å². The molecule has 0 aliphatic carbocycles. The summed E-state index contributed by atoms with van der Waals surface area (Å²) in [7, 11) is 1.63. The summed E-state index contributed by atoms with van der Waals surface area (Å²) in [6, 6.07) is 9.29. The van der Waals surface area contributed by atoms with Crippen molar-refractivity contribution in [3.05, 3.63) is 88.1 Å². The van der Waals surface area contributed by atoms with E-state index in [0.717, 1.165) is 11.6 Å². The van der Waals surface area contributed by atoms with E-state index in [1.807, 2.05) is 28.8 Å². The van der Waals surface area contributed by atoms with Crippen LogP contribution in [0.3, 0.4) is 0 Å². The number of hydrogen-bond donors (Lipinski definition) is 1. The fourth-order valence-electron chi connectivity index (χ4n) is 3.41. The van der Waals surface area contributed by atoms with Gasteiger partial charge in [-0.3, -0.25) is 9.59 Å². The molecule has 0 fully saturated rings. The van der Waals surface area contributed by atoms with Gasteiger partial charge >= 0.3 is 0 Å². The molecule has 0 radical (unpaired) electrons. The zero-order valence-corrected chi connectivity index (χ0v) is 15.2. The number of nitrogens with one attached hydrogen (secondary N) is 1. The Labute approximate surface area is 158 Å². The molecular formula is C21H17F2N3O2. The first-order valence-corrected chi connectivity index (χ1v) is 8.71. The maximum absolute atomic E-state index is 14.2. The minimum absolute atomic E-state index is 0.224. The van der Waals surface area contributed by atoms with Crippen molar-refractivity contribution in [2.45, 2.75) is 13.0 Å². The number of pyridine rings is 2. The van der Waals surface area contributed by atoms with Crippen LogP contribution in [0.4, 0.5) is 8.78 Å². The molecule has 0 aliphatic rings. The Morgan fingerprint density at radius 3 is 2.75 bits per heavy atom. The van der Waals surface area contributed by atoms with E-state index >= 15 is 0 Å². The van der Waals surface area contributed by atoms with Crippen LogP contribution in [0, 0.1) is 11.6 Å². The molecule has 4 aromatic rings. The molecule has 0 saturated carbocycles. The van der Waals surface area contributed by atoms with Crippen molar-refractivity contribution < 1.29 is 13.6 Å². The van der Waals surface area contributed by atoms with Crippen LogP contribution < -0.4 is 5.56 Å². The first kappa shape index (κ1) is 17.9. The Kier molecular flexibility index (Phi) is 4.22. The average Bonchev–Trinajstić information content (AvgIpc) is 3.13. The molecule has 28 heavy (non-hydrogen) atoms. The van der Waals surface area contributed by atoms with Gasteiger partial charge in [0.05, 0.1) is 17.0 Å². The smallest absolute Gasteiger partial charge is 0.258 e. The highest BCUT2D eigenvalue weighted by Crippen LogP contribution is 2.28. The number of H-pyrrole nitrogens is 1. The van der Waals surface area contributed by atoms with Crippen LogP contribution in [0.15, 0.2) is 59.8 Å². The molecule has 0 saturated heterocycles. The molecule has 7 heteroatoms. The predicted octanol–water partition coefficient (Wildman–Crippen LogP) is 3.89. The topological polar surface area (TPSA) is 57.6 Å². The van der Waals surface area contributed by atoms with Crippen molar-refractivity contribution in [3.8, 4) is 0 Å². The van der Waals surface area contributed by atoms with Crippen LogP contribution >= 0.6 is 0 Å². The van der Waals surface area contributed by atoms with Gasteiger partial charge in [0.2, 0.25) is 0 Å². The largest absolute Gasteiger partial charge is 0.335 e. The van der Waals surface area contributed by atoms with Crippen LogP contribution in [-0.4, -0.2) is 27.2 Å². The Morgan fingerprint density at radius 1 is 1.21 bits per heavy atom. The first-order valence-electron chi connectivity index (χ1n) is 8.71. The lowest BCUT2D eigenvalue weighted by Gasteiger charge is -2.26. The van der Waals surface area contributed by atoms with Crippen LogP contribution in [0.25, 0.3) is 16.3 Å². The quantitative estimate of drug-likeness (QED) is 0.585. The van der Waals surface area contributed by atoms with Gasteiger partial charge < -0.3 is 14.3 Å². The first-order chi connectivity index (χ1) is 13.4. The number of halogens is 2. The molecule has 3 heterocycles. The Morgan fingerprint density at radius 2 is 2.00 bits per heavy atom. The lowest BCUT2D eigenvalue weighted by molar-refractivity contribution is 0.0743. The molecule has 0 unspecified atom stereocenters. The second-order valence-electron chi connectivity index (χ2n) is 6.71. The van der Waals surface area contributed by atoms with Crippen molar-refractivity contribution in [3.63, 3.8) is 0 Å². The Balaban J connectivity index is 1.75. The number of fused-ring (bicyclic) bond motifs is 2. The lowest BCUT2D eigenvalue weighted by atomic mass is 10.0. The number of rotatable bonds is 3. The summed E-state index contributed by atoms with van der Waals surface area (Å²) in [5.74, 6) is -2.51. The second-order valence-corrected chi connectivity index (χ2v) is 6.71. The van der Waals surface area contributed by atoms with Crippen molar-refractivity contribution >= 4 is 22.2 Å². The average molecular weight is 381 g/mol. The third-order valence-electron chi connectivity index (χ3n) is 5.09. The van der Waals surface area contributed by atoms with Gasteiger partial charge in [0, 0.05) is 31.2 Å². The van der Waals surface area contributed by atoms with Gasteiger partial charge in [-0.25, -0.2) is 8.78 Å². The van der Waals surface area contributed by atoms with E-state index in [2.05, 4.69) is 4.98 Å². The van der Waals surface area contributed by atoms with Crippen LogP contribution in [0.2, 0.25) is 0 Å². The van der Waals surface area contributed by atoms with E-state index in [1.165, 1.54) is 17.2 Å². The summed E-state index contributed by atoms with van der Waals surface area (Å²) in [6.07, 6.45) is 5.02. The molecule has 1 aromatic carbocycles. The summed E-state index contributed by atoms with van der Waals surface area (Å²) < 4.78 is 29.6. The molecule has 1 N–H and O–H groups in total. The minimum Gasteiger partial charge on any atom is -0.335 e. The maximum Gasteiger partial charge on any atom is 0.258 e. The van der Waals surface area contributed by atoms with Gasteiger partial charge in [0.15, 0.2) is 11.6 Å². The normalized spacial score (nSPS) is 12.4. The van der Waals surface area contributed by atoms with Crippen molar-refractivity contribution in [1.82, 2.24) is 14.3 Å². The maximum atomic E-state index is 14.2. The number of nitrogens with zero attached hydrogens (tertiary/aromatic N) is 2. The molecule has 1 amide bonds. The molecule has 0 aliphatic heterocycles. The van der Waals surface area contributed by atoms with E-state index in [1.54, 1.807) is 26.2 Å². The number of aromatic amines is 1. The van der Waals surface area contributed by atoms with E-state index in [0.29, 0.717) is 11.1 Å². The van der Waals surface area contributed by atoms with Crippen LogP contribution in [-0.2, 0) is 0 Å². The van der Waals surface area contributed by atoms with Crippen molar-refractivity contribution in [2.75, 3.05) is 7.05 Å². The third-order valence-corrected chi connectivity index (χ3v) is 5.09. The standard InChI is InChI=1S/C21H17F2N3O2/c1-12(16-10-24-20(27)18-15(16)6-7-17(22)19(18)23)25(2)21(28)13-9-14-5-3-4-8-26(14)11-13/h3-12H,1-2H3,(H,24,27)/t12-/m1/s1. The predicted molar refractivity (Wildman–Crippen MR) is 102 cm³/mol. The van der Waals surface area contributed by atoms with Gasteiger partial charge in [0.25, 0.3) is 11.5 Å². The summed E-state index contributed by atoms with van der Waals surface area (Å²) in [5, 5.41) is -0.0725. The second kappa shape index (κ2) is 6.60. The minimum atomic E-state index is -1.19. The third kappa shape index (κ3) is 2.76. The number of carbonyl (C=O) groups is 1. The van der Waals surface area contributed by atoms with E-state index in [4.69, 9.17) is 0 Å². The lowest BCUT2D eigenvalue weighted by Crippen LogP contribution is -2.30. The molecule has 0 bridgehead atoms. The molecule has 1 atom stereocenters. The molecule has 3 aromatic heterocycles. The zero-order chi connectivity index (χ0) is 20.0. The summed E-state index contributed by atoms with van der Waals surface area (Å²) in [4.78, 5) is 28.9. The number of aromatic nitrogens is 2. The highest BCUT2D eigenvalue weighted by Gasteiger charge is 2.23. The molecule has 0 spiro atoms. The fraction of sp³-hybridized carbons (Fsp3) is 0.143.